The van der Waals surface area contributed by atoms with E-state index >= 15 is 0 Å². The molecule has 0 atom stereocenters. The summed E-state index contributed by atoms with van der Waals surface area (Å²) in [6.45, 7) is 1.73. The molecular formula is C25H24N4O2. The van der Waals surface area contributed by atoms with E-state index in [1.807, 2.05) is 43.6 Å². The number of benzene rings is 2. The minimum absolute atomic E-state index is 0.0731. The fourth-order valence-corrected chi connectivity index (χ4v) is 4.26. The number of Topliss-reactive ketones (excluding diaryl/α,β-unsaturated/α-hetero) is 1. The maximum Gasteiger partial charge on any atom is 0.168 e. The molecule has 0 bridgehead atoms. The number of carbonyl (C=O) groups excluding carboxylic acids is 1. The Balaban J connectivity index is 1.43. The Labute approximate surface area is 180 Å². The lowest BCUT2D eigenvalue weighted by atomic mass is 9.95. The second kappa shape index (κ2) is 8.06. The van der Waals surface area contributed by atoms with Crippen LogP contribution in [0.2, 0.25) is 0 Å². The summed E-state index contributed by atoms with van der Waals surface area (Å²) in [6, 6.07) is 14.1. The molecule has 5 rings (SSSR count). The third-order valence-electron chi connectivity index (χ3n) is 6.06. The SMILES string of the molecule is Cn1ncc(-c2ccc3cnc(CC(=O)c4ccc5c(c4)CNCC5)cc3c2)c1CO. The van der Waals surface area contributed by atoms with Crippen molar-refractivity contribution in [2.24, 2.45) is 7.05 Å². The van der Waals surface area contributed by atoms with E-state index in [4.69, 9.17) is 0 Å². The molecule has 31 heavy (non-hydrogen) atoms. The van der Waals surface area contributed by atoms with Gasteiger partial charge in [-0.1, -0.05) is 24.3 Å². The van der Waals surface area contributed by atoms with Crippen molar-refractivity contribution >= 4 is 16.6 Å². The van der Waals surface area contributed by atoms with Gasteiger partial charge in [-0.15, -0.1) is 0 Å². The van der Waals surface area contributed by atoms with Crippen molar-refractivity contribution in [3.8, 4) is 11.1 Å². The van der Waals surface area contributed by atoms with E-state index in [1.54, 1.807) is 10.9 Å². The lowest BCUT2D eigenvalue weighted by Gasteiger charge is -2.17. The van der Waals surface area contributed by atoms with E-state index in [0.29, 0.717) is 0 Å². The lowest BCUT2D eigenvalue weighted by molar-refractivity contribution is 0.0992. The number of fused-ring (bicyclic) bond motifs is 2. The third-order valence-corrected chi connectivity index (χ3v) is 6.06. The van der Waals surface area contributed by atoms with Gasteiger partial charge in [0.05, 0.1) is 24.9 Å². The average Bonchev–Trinajstić information content (AvgIpc) is 3.18. The molecule has 0 aliphatic carbocycles. The van der Waals surface area contributed by atoms with Crippen LogP contribution >= 0.6 is 0 Å². The first-order valence-electron chi connectivity index (χ1n) is 10.5. The first kappa shape index (κ1) is 19.6. The number of nitrogens with zero attached hydrogens (tertiary/aromatic N) is 3. The van der Waals surface area contributed by atoms with Gasteiger partial charge in [0.1, 0.15) is 0 Å². The van der Waals surface area contributed by atoms with Crippen LogP contribution in [0.5, 0.6) is 0 Å². The largest absolute Gasteiger partial charge is 0.390 e. The molecule has 2 aromatic carbocycles. The van der Waals surface area contributed by atoms with E-state index < -0.39 is 0 Å². The van der Waals surface area contributed by atoms with Crippen molar-refractivity contribution in [1.29, 1.82) is 0 Å². The highest BCUT2D eigenvalue weighted by Gasteiger charge is 2.15. The Hall–Kier alpha value is -3.35. The van der Waals surface area contributed by atoms with Gasteiger partial charge in [0.2, 0.25) is 0 Å². The van der Waals surface area contributed by atoms with Crippen LogP contribution in [-0.2, 0) is 33.0 Å². The summed E-state index contributed by atoms with van der Waals surface area (Å²) in [5, 5.41) is 19.3. The summed E-state index contributed by atoms with van der Waals surface area (Å²) < 4.78 is 1.68. The van der Waals surface area contributed by atoms with Gasteiger partial charge in [0.25, 0.3) is 0 Å². The molecule has 0 radical (unpaired) electrons. The molecule has 6 heteroatoms. The highest BCUT2D eigenvalue weighted by molar-refractivity contribution is 5.98. The van der Waals surface area contributed by atoms with Crippen molar-refractivity contribution in [3.63, 3.8) is 0 Å². The fraction of sp³-hybridized carbons (Fsp3) is 0.240. The zero-order chi connectivity index (χ0) is 21.4. The number of carbonyl (C=O) groups is 1. The molecule has 1 aliphatic heterocycles. The summed E-state index contributed by atoms with van der Waals surface area (Å²) in [7, 11) is 1.82. The van der Waals surface area contributed by atoms with E-state index in [9.17, 15) is 9.90 Å². The highest BCUT2D eigenvalue weighted by Crippen LogP contribution is 2.27. The Morgan fingerprint density at radius 2 is 2.00 bits per heavy atom. The normalized spacial score (nSPS) is 13.4. The number of rotatable bonds is 5. The van der Waals surface area contributed by atoms with Crippen LogP contribution in [0.4, 0.5) is 0 Å². The van der Waals surface area contributed by atoms with Gasteiger partial charge >= 0.3 is 0 Å². The maximum absolute atomic E-state index is 12.9. The van der Waals surface area contributed by atoms with Crippen molar-refractivity contribution in [3.05, 3.63) is 82.9 Å². The molecular weight excluding hydrogens is 388 g/mol. The number of pyridine rings is 1. The zero-order valence-electron chi connectivity index (χ0n) is 17.4. The molecule has 156 valence electrons. The molecule has 3 heterocycles. The second-order valence-corrected chi connectivity index (χ2v) is 8.03. The molecule has 0 saturated carbocycles. The van der Waals surface area contributed by atoms with Crippen LogP contribution in [-0.4, -0.2) is 32.2 Å². The Kier molecular flexibility index (Phi) is 5.10. The van der Waals surface area contributed by atoms with Gasteiger partial charge in [-0.05, 0) is 53.2 Å². The molecule has 0 unspecified atom stereocenters. The molecule has 6 nitrogen and oxygen atoms in total. The van der Waals surface area contributed by atoms with Crippen LogP contribution in [0.3, 0.4) is 0 Å². The van der Waals surface area contributed by atoms with Crippen LogP contribution in [0, 0.1) is 0 Å². The van der Waals surface area contributed by atoms with E-state index in [2.05, 4.69) is 27.5 Å². The van der Waals surface area contributed by atoms with Gasteiger partial charge in [-0.3, -0.25) is 14.5 Å². The van der Waals surface area contributed by atoms with Gasteiger partial charge in [-0.2, -0.15) is 5.10 Å². The standard InChI is InChI=1S/C25H24N4O2/c1-29-24(15-30)23(14-28-29)17-3-5-19-13-27-22(10-20(19)8-17)11-25(31)18-4-2-16-6-7-26-12-21(16)9-18/h2-5,8-10,13-14,26,30H,6-7,11-12,15H2,1H3. The molecule has 2 N–H and O–H groups in total. The molecule has 1 aliphatic rings. The second-order valence-electron chi connectivity index (χ2n) is 8.03. The topological polar surface area (TPSA) is 80.0 Å². The molecule has 0 spiro atoms. The van der Waals surface area contributed by atoms with Gasteiger partial charge in [0.15, 0.2) is 5.78 Å². The minimum atomic E-state index is -0.0731. The summed E-state index contributed by atoms with van der Waals surface area (Å²) in [5.74, 6) is 0.0752. The van der Waals surface area contributed by atoms with Gasteiger partial charge in [-0.25, -0.2) is 0 Å². The summed E-state index contributed by atoms with van der Waals surface area (Å²) >= 11 is 0. The number of aromatic nitrogens is 3. The van der Waals surface area contributed by atoms with E-state index in [1.165, 1.54) is 11.1 Å². The van der Waals surface area contributed by atoms with E-state index in [-0.39, 0.29) is 18.8 Å². The van der Waals surface area contributed by atoms with Crippen molar-refractivity contribution in [2.45, 2.75) is 26.0 Å². The predicted octanol–water partition coefficient (Wildman–Crippen LogP) is 3.20. The molecule has 0 fully saturated rings. The number of aliphatic hydroxyl groups excluding tert-OH is 1. The van der Waals surface area contributed by atoms with E-state index in [0.717, 1.165) is 58.4 Å². The number of hydrogen-bond donors (Lipinski definition) is 2. The smallest absolute Gasteiger partial charge is 0.168 e. The zero-order valence-corrected chi connectivity index (χ0v) is 17.4. The first-order valence-corrected chi connectivity index (χ1v) is 10.5. The molecule has 4 aromatic rings. The Morgan fingerprint density at radius 1 is 1.10 bits per heavy atom. The summed E-state index contributed by atoms with van der Waals surface area (Å²) in [5.41, 5.74) is 6.68. The molecule has 0 saturated heterocycles. The minimum Gasteiger partial charge on any atom is -0.390 e. The van der Waals surface area contributed by atoms with Crippen LogP contribution in [0.15, 0.2) is 54.9 Å². The maximum atomic E-state index is 12.9. The summed E-state index contributed by atoms with van der Waals surface area (Å²) in [4.78, 5) is 17.4. The number of nitrogens with one attached hydrogen (secondary N) is 1. The number of aliphatic hydroxyl groups is 1. The molecule has 2 aromatic heterocycles. The van der Waals surface area contributed by atoms with Crippen molar-refractivity contribution in [2.75, 3.05) is 6.54 Å². The predicted molar refractivity (Wildman–Crippen MR) is 120 cm³/mol. The van der Waals surface area contributed by atoms with Gasteiger partial charge < -0.3 is 10.4 Å². The Morgan fingerprint density at radius 3 is 2.87 bits per heavy atom. The molecule has 0 amide bonds. The Bertz CT molecular complexity index is 1290. The van der Waals surface area contributed by atoms with Crippen molar-refractivity contribution < 1.29 is 9.90 Å². The number of hydrogen-bond acceptors (Lipinski definition) is 5. The third kappa shape index (κ3) is 3.76. The quantitative estimate of drug-likeness (QED) is 0.492. The van der Waals surface area contributed by atoms with Crippen molar-refractivity contribution in [1.82, 2.24) is 20.1 Å². The fourth-order valence-electron chi connectivity index (χ4n) is 4.26. The lowest BCUT2D eigenvalue weighted by Crippen LogP contribution is -2.24. The average molecular weight is 412 g/mol. The number of ketones is 1. The monoisotopic (exact) mass is 412 g/mol. The van der Waals surface area contributed by atoms with Crippen LogP contribution < -0.4 is 5.32 Å². The first-order chi connectivity index (χ1) is 15.1. The number of aryl methyl sites for hydroxylation is 1. The van der Waals surface area contributed by atoms with Crippen LogP contribution in [0.25, 0.3) is 21.9 Å². The summed E-state index contributed by atoms with van der Waals surface area (Å²) in [6.07, 6.45) is 4.85. The van der Waals surface area contributed by atoms with Crippen LogP contribution in [0.1, 0.15) is 32.9 Å². The highest BCUT2D eigenvalue weighted by atomic mass is 16.3. The van der Waals surface area contributed by atoms with Gasteiger partial charge in [0, 0.05) is 42.0 Å².